The number of rotatable bonds is 10. The van der Waals surface area contributed by atoms with Crippen molar-refractivity contribution in [2.24, 2.45) is 10.8 Å². The molecule has 0 aromatic carbocycles. The Bertz CT molecular complexity index is 274. The maximum Gasteiger partial charge on any atom is 1.00 e. The zero-order chi connectivity index (χ0) is 16.9. The van der Waals surface area contributed by atoms with Crippen LogP contribution in [-0.4, -0.2) is 49.0 Å². The number of amides is 1. The molecule has 7 heteroatoms. The summed E-state index contributed by atoms with van der Waals surface area (Å²) in [6, 6.07) is 0. The summed E-state index contributed by atoms with van der Waals surface area (Å²) in [4.78, 5) is 16.5. The summed E-state index contributed by atoms with van der Waals surface area (Å²) in [6.45, 7) is 12.5. The van der Waals surface area contributed by atoms with Crippen LogP contribution in [0, 0.1) is 10.8 Å². The zero-order valence-electron chi connectivity index (χ0n) is 15.4. The second kappa shape index (κ2) is 15.5. The summed E-state index contributed by atoms with van der Waals surface area (Å²) in [5, 5.41) is 20.8. The SMILES string of the molecule is CC.CC(C)(CO)C[N-]OCCNC(=O)CC(C)(C)CO.[K+]. The summed E-state index contributed by atoms with van der Waals surface area (Å²) >= 11 is 0. The molecule has 0 bridgehead atoms. The first-order chi connectivity index (χ1) is 9.72. The molecular formula is C15H33KN2O4. The molecule has 22 heavy (non-hydrogen) atoms. The Hall–Kier alpha value is 0.946. The van der Waals surface area contributed by atoms with Gasteiger partial charge < -0.3 is 25.8 Å². The van der Waals surface area contributed by atoms with Gasteiger partial charge in [-0.25, -0.2) is 0 Å². The van der Waals surface area contributed by atoms with E-state index >= 15 is 0 Å². The molecule has 0 radical (unpaired) electrons. The number of nitrogens with one attached hydrogen (secondary N) is 1. The molecule has 0 aromatic rings. The molecule has 0 heterocycles. The van der Waals surface area contributed by atoms with Crippen LogP contribution in [0.25, 0.3) is 5.48 Å². The van der Waals surface area contributed by atoms with E-state index in [0.29, 0.717) is 19.7 Å². The van der Waals surface area contributed by atoms with E-state index < -0.39 is 5.41 Å². The van der Waals surface area contributed by atoms with Gasteiger partial charge in [-0.05, 0) is 10.8 Å². The predicted octanol–water partition coefficient (Wildman–Crippen LogP) is -1.13. The topological polar surface area (TPSA) is 92.9 Å². The quantitative estimate of drug-likeness (QED) is 0.265. The van der Waals surface area contributed by atoms with E-state index in [-0.39, 0.29) is 82.3 Å². The van der Waals surface area contributed by atoms with Gasteiger partial charge in [0.1, 0.15) is 0 Å². The van der Waals surface area contributed by atoms with Crippen molar-refractivity contribution in [1.29, 1.82) is 0 Å². The molecule has 1 amide bonds. The van der Waals surface area contributed by atoms with Crippen molar-refractivity contribution in [3.8, 4) is 0 Å². The first kappa shape index (κ1) is 27.8. The molecule has 0 aliphatic heterocycles. The van der Waals surface area contributed by atoms with Crippen molar-refractivity contribution in [2.75, 3.05) is 32.9 Å². The van der Waals surface area contributed by atoms with Crippen LogP contribution < -0.4 is 56.7 Å². The largest absolute Gasteiger partial charge is 1.00 e. The molecule has 0 saturated heterocycles. The van der Waals surface area contributed by atoms with E-state index in [1.165, 1.54) is 0 Å². The number of hydroxylamine groups is 1. The molecule has 0 unspecified atom stereocenters. The van der Waals surface area contributed by atoms with Crippen molar-refractivity contribution in [3.63, 3.8) is 0 Å². The maximum atomic E-state index is 11.5. The van der Waals surface area contributed by atoms with E-state index in [1.807, 2.05) is 41.5 Å². The van der Waals surface area contributed by atoms with Gasteiger partial charge in [0.25, 0.3) is 0 Å². The van der Waals surface area contributed by atoms with Crippen LogP contribution in [0.5, 0.6) is 0 Å². The Labute approximate surface area is 178 Å². The van der Waals surface area contributed by atoms with Crippen LogP contribution in [0.15, 0.2) is 0 Å². The fourth-order valence-corrected chi connectivity index (χ4v) is 1.12. The van der Waals surface area contributed by atoms with Crippen molar-refractivity contribution in [1.82, 2.24) is 5.32 Å². The summed E-state index contributed by atoms with van der Waals surface area (Å²) in [5.41, 5.74) is 3.16. The molecule has 128 valence electrons. The first-order valence-electron chi connectivity index (χ1n) is 7.50. The predicted molar refractivity (Wildman–Crippen MR) is 84.9 cm³/mol. The number of hydrogen-bond donors (Lipinski definition) is 3. The van der Waals surface area contributed by atoms with Crippen molar-refractivity contribution >= 4 is 5.91 Å². The van der Waals surface area contributed by atoms with E-state index in [2.05, 4.69) is 10.8 Å². The van der Waals surface area contributed by atoms with Crippen LogP contribution in [0.1, 0.15) is 48.0 Å². The van der Waals surface area contributed by atoms with Gasteiger partial charge in [-0.3, -0.25) is 4.79 Å². The summed E-state index contributed by atoms with van der Waals surface area (Å²) < 4.78 is 0. The average molecular weight is 345 g/mol. The van der Waals surface area contributed by atoms with E-state index in [4.69, 9.17) is 15.1 Å². The third-order valence-electron chi connectivity index (χ3n) is 2.59. The van der Waals surface area contributed by atoms with E-state index in [1.54, 1.807) is 0 Å². The number of carbonyl (C=O) groups excluding carboxylic acids is 1. The number of hydrogen-bond acceptors (Lipinski definition) is 4. The molecular weight excluding hydrogens is 311 g/mol. The van der Waals surface area contributed by atoms with Gasteiger partial charge in [-0.2, -0.15) is 0 Å². The van der Waals surface area contributed by atoms with Gasteiger partial charge in [-0.1, -0.05) is 41.5 Å². The molecule has 0 atom stereocenters. The summed E-state index contributed by atoms with van der Waals surface area (Å²) in [5.74, 6) is -0.113. The molecule has 0 fully saturated rings. The molecule has 0 spiro atoms. The van der Waals surface area contributed by atoms with Gasteiger partial charge in [0.05, 0.1) is 0 Å². The molecule has 0 aliphatic rings. The minimum Gasteiger partial charge on any atom is -0.534 e. The molecule has 0 aromatic heterocycles. The number of carbonyl (C=O) groups is 1. The second-order valence-corrected chi connectivity index (χ2v) is 6.29. The van der Waals surface area contributed by atoms with Crippen molar-refractivity contribution in [3.05, 3.63) is 5.48 Å². The average Bonchev–Trinajstić information content (AvgIpc) is 2.44. The number of nitrogens with zero attached hydrogens (tertiary/aromatic N) is 1. The van der Waals surface area contributed by atoms with Crippen LogP contribution in [-0.2, 0) is 9.63 Å². The maximum absolute atomic E-state index is 11.5. The van der Waals surface area contributed by atoms with E-state index in [9.17, 15) is 4.79 Å². The molecule has 3 N–H and O–H groups in total. The minimum absolute atomic E-state index is 0. The van der Waals surface area contributed by atoms with Gasteiger partial charge in [0.2, 0.25) is 5.91 Å². The van der Waals surface area contributed by atoms with Gasteiger partial charge in [0.15, 0.2) is 0 Å². The Kier molecular flexibility index (Phi) is 19.5. The summed E-state index contributed by atoms with van der Waals surface area (Å²) in [7, 11) is 0. The first-order valence-corrected chi connectivity index (χ1v) is 7.50. The smallest absolute Gasteiger partial charge is 0.534 e. The van der Waals surface area contributed by atoms with Crippen LogP contribution in [0.3, 0.4) is 0 Å². The van der Waals surface area contributed by atoms with Crippen LogP contribution >= 0.6 is 0 Å². The Morgan fingerprint density at radius 1 is 1.09 bits per heavy atom. The van der Waals surface area contributed by atoms with Crippen molar-refractivity contribution < 1.29 is 71.2 Å². The normalized spacial score (nSPS) is 11.1. The number of aliphatic hydroxyl groups is 2. The van der Waals surface area contributed by atoms with Gasteiger partial charge in [0, 0.05) is 32.8 Å². The molecule has 0 saturated carbocycles. The Morgan fingerprint density at radius 3 is 2.05 bits per heavy atom. The fourth-order valence-electron chi connectivity index (χ4n) is 1.12. The third-order valence-corrected chi connectivity index (χ3v) is 2.59. The van der Waals surface area contributed by atoms with Gasteiger partial charge in [-0.15, -0.1) is 6.54 Å². The Morgan fingerprint density at radius 2 is 1.59 bits per heavy atom. The monoisotopic (exact) mass is 344 g/mol. The fraction of sp³-hybridized carbons (Fsp3) is 0.933. The third kappa shape index (κ3) is 17.3. The minimum atomic E-state index is -0.402. The number of aliphatic hydroxyl groups excluding tert-OH is 2. The zero-order valence-corrected chi connectivity index (χ0v) is 18.5. The second-order valence-electron chi connectivity index (χ2n) is 6.29. The van der Waals surface area contributed by atoms with E-state index in [0.717, 1.165) is 0 Å². The molecule has 0 aliphatic carbocycles. The van der Waals surface area contributed by atoms with Gasteiger partial charge >= 0.3 is 51.4 Å². The standard InChI is InChI=1S/C13H27N2O4.C2H6.K/c1-12(2,9-16)7-11(18)14-5-6-19-15-8-13(3,4)10-17;1-2;/h16-17H,5-10H2,1-4H3,(H,14,18);1-2H3;/q-1;;+1. The van der Waals surface area contributed by atoms with Crippen LogP contribution in [0.4, 0.5) is 0 Å². The molecule has 6 nitrogen and oxygen atoms in total. The van der Waals surface area contributed by atoms with Crippen LogP contribution in [0.2, 0.25) is 0 Å². The Balaban J connectivity index is -0.00000115. The van der Waals surface area contributed by atoms with Crippen molar-refractivity contribution in [2.45, 2.75) is 48.0 Å². The molecule has 0 rings (SSSR count). The summed E-state index contributed by atoms with van der Waals surface area (Å²) in [6.07, 6.45) is 0.276.